The maximum absolute atomic E-state index is 12.3. The molecule has 0 aliphatic rings. The van der Waals surface area contributed by atoms with Gasteiger partial charge in [0.05, 0.1) is 15.9 Å². The van der Waals surface area contributed by atoms with Gasteiger partial charge >= 0.3 is 5.97 Å². The number of rotatable bonds is 6. The van der Waals surface area contributed by atoms with Crippen LogP contribution in [0.15, 0.2) is 48.5 Å². The van der Waals surface area contributed by atoms with Gasteiger partial charge in [0, 0.05) is 6.07 Å². The number of non-ortho nitro benzene ring substituents is 1. The van der Waals surface area contributed by atoms with Crippen LogP contribution in [-0.2, 0) is 4.74 Å². The van der Waals surface area contributed by atoms with Crippen molar-refractivity contribution in [2.75, 3.05) is 0 Å². The Hall–Kier alpha value is -3.29. The molecule has 0 spiro atoms. The summed E-state index contributed by atoms with van der Waals surface area (Å²) in [6, 6.07) is 11.8. The summed E-state index contributed by atoms with van der Waals surface area (Å²) in [6.45, 7) is 1.81. The van der Waals surface area contributed by atoms with Gasteiger partial charge in [0.25, 0.3) is 11.4 Å². The average Bonchev–Trinajstić information content (AvgIpc) is 2.59. The second kappa shape index (κ2) is 7.32. The smallest absolute Gasteiger partial charge is 0.345 e. The van der Waals surface area contributed by atoms with E-state index in [2.05, 4.69) is 0 Å². The second-order valence-electron chi connectivity index (χ2n) is 4.93. The SMILES string of the molecule is CC[C@@H](OC(=O)c1ccc([N+](=O)[O-])cc1[N+](=O)[O-])c1ccccc1. The van der Waals surface area contributed by atoms with Crippen LogP contribution in [-0.4, -0.2) is 15.8 Å². The van der Waals surface area contributed by atoms with Crippen molar-refractivity contribution in [2.45, 2.75) is 19.4 Å². The van der Waals surface area contributed by atoms with Gasteiger partial charge < -0.3 is 4.74 Å². The fourth-order valence-corrected chi connectivity index (χ4v) is 2.20. The number of esters is 1. The summed E-state index contributed by atoms with van der Waals surface area (Å²) in [6.07, 6.45) is -0.0789. The van der Waals surface area contributed by atoms with E-state index in [9.17, 15) is 25.0 Å². The van der Waals surface area contributed by atoms with Gasteiger partial charge in [-0.1, -0.05) is 37.3 Å². The molecule has 0 amide bonds. The van der Waals surface area contributed by atoms with Gasteiger partial charge in [-0.2, -0.15) is 0 Å². The van der Waals surface area contributed by atoms with Crippen molar-refractivity contribution in [3.8, 4) is 0 Å². The number of hydrogen-bond donors (Lipinski definition) is 0. The van der Waals surface area contributed by atoms with Crippen LogP contribution in [0.1, 0.15) is 35.4 Å². The monoisotopic (exact) mass is 330 g/mol. The number of hydrogen-bond acceptors (Lipinski definition) is 6. The highest BCUT2D eigenvalue weighted by molar-refractivity contribution is 5.94. The van der Waals surface area contributed by atoms with E-state index in [1.165, 1.54) is 0 Å². The summed E-state index contributed by atoms with van der Waals surface area (Å²) in [5, 5.41) is 21.8. The van der Waals surface area contributed by atoms with Gasteiger partial charge in [0.2, 0.25) is 0 Å². The normalized spacial score (nSPS) is 11.5. The molecule has 0 N–H and O–H groups in total. The third-order valence-corrected chi connectivity index (χ3v) is 3.40. The van der Waals surface area contributed by atoms with Crippen molar-refractivity contribution in [1.29, 1.82) is 0 Å². The molecule has 0 aliphatic carbocycles. The minimum atomic E-state index is -0.896. The highest BCUT2D eigenvalue weighted by Crippen LogP contribution is 2.28. The minimum absolute atomic E-state index is 0.319. The number of carbonyl (C=O) groups excluding carboxylic acids is 1. The summed E-state index contributed by atoms with van der Waals surface area (Å²) in [5.41, 5.74) is -0.677. The van der Waals surface area contributed by atoms with Crippen molar-refractivity contribution < 1.29 is 19.4 Å². The van der Waals surface area contributed by atoms with Crippen molar-refractivity contribution in [1.82, 2.24) is 0 Å². The van der Waals surface area contributed by atoms with Crippen molar-refractivity contribution in [2.24, 2.45) is 0 Å². The van der Waals surface area contributed by atoms with Gasteiger partial charge in [-0.25, -0.2) is 4.79 Å². The Morgan fingerprint density at radius 3 is 2.29 bits per heavy atom. The summed E-state index contributed by atoms with van der Waals surface area (Å²) in [7, 11) is 0. The summed E-state index contributed by atoms with van der Waals surface area (Å²) in [5.74, 6) is -0.896. The van der Waals surface area contributed by atoms with E-state index in [4.69, 9.17) is 4.74 Å². The van der Waals surface area contributed by atoms with E-state index < -0.39 is 33.3 Å². The lowest BCUT2D eigenvalue weighted by atomic mass is 10.1. The van der Waals surface area contributed by atoms with Crippen LogP contribution in [0.4, 0.5) is 11.4 Å². The first-order chi connectivity index (χ1) is 11.4. The zero-order chi connectivity index (χ0) is 17.7. The van der Waals surface area contributed by atoms with E-state index in [0.29, 0.717) is 6.42 Å². The van der Waals surface area contributed by atoms with E-state index in [1.807, 2.05) is 13.0 Å². The number of carbonyl (C=O) groups is 1. The summed E-state index contributed by atoms with van der Waals surface area (Å²) in [4.78, 5) is 32.5. The van der Waals surface area contributed by atoms with Crippen LogP contribution >= 0.6 is 0 Å². The highest BCUT2D eigenvalue weighted by atomic mass is 16.6. The lowest BCUT2D eigenvalue weighted by Crippen LogP contribution is -2.13. The lowest BCUT2D eigenvalue weighted by Gasteiger charge is -2.16. The maximum Gasteiger partial charge on any atom is 0.345 e. The molecule has 0 aliphatic heterocycles. The molecule has 0 fully saturated rings. The Labute approximate surface area is 137 Å². The Kier molecular flexibility index (Phi) is 5.20. The zero-order valence-electron chi connectivity index (χ0n) is 12.7. The quantitative estimate of drug-likeness (QED) is 0.452. The topological polar surface area (TPSA) is 113 Å². The van der Waals surface area contributed by atoms with Crippen LogP contribution in [0.3, 0.4) is 0 Å². The van der Waals surface area contributed by atoms with Gasteiger partial charge in [0.1, 0.15) is 11.7 Å². The van der Waals surface area contributed by atoms with Crippen molar-refractivity contribution in [3.63, 3.8) is 0 Å². The lowest BCUT2D eigenvalue weighted by molar-refractivity contribution is -0.394. The molecule has 24 heavy (non-hydrogen) atoms. The highest BCUT2D eigenvalue weighted by Gasteiger charge is 2.27. The predicted molar refractivity (Wildman–Crippen MR) is 84.6 cm³/mol. The molecule has 124 valence electrons. The van der Waals surface area contributed by atoms with E-state index in [1.54, 1.807) is 24.3 Å². The number of nitro benzene ring substituents is 2. The van der Waals surface area contributed by atoms with Crippen LogP contribution in [0.25, 0.3) is 0 Å². The summed E-state index contributed by atoms with van der Waals surface area (Å²) >= 11 is 0. The second-order valence-corrected chi connectivity index (χ2v) is 4.93. The summed E-state index contributed by atoms with van der Waals surface area (Å²) < 4.78 is 5.35. The Morgan fingerprint density at radius 2 is 1.75 bits per heavy atom. The first-order valence-electron chi connectivity index (χ1n) is 7.12. The fourth-order valence-electron chi connectivity index (χ4n) is 2.20. The Bertz CT molecular complexity index is 775. The third-order valence-electron chi connectivity index (χ3n) is 3.40. The van der Waals surface area contributed by atoms with Crippen LogP contribution in [0.2, 0.25) is 0 Å². The molecule has 2 rings (SSSR count). The largest absolute Gasteiger partial charge is 0.454 e. The first kappa shape index (κ1) is 17.1. The van der Waals surface area contributed by atoms with Gasteiger partial charge in [-0.3, -0.25) is 20.2 Å². The first-order valence-corrected chi connectivity index (χ1v) is 7.12. The molecular weight excluding hydrogens is 316 g/mol. The Morgan fingerprint density at radius 1 is 1.08 bits per heavy atom. The Balaban J connectivity index is 2.32. The number of nitrogens with zero attached hydrogens (tertiary/aromatic N) is 2. The molecule has 0 bridgehead atoms. The molecule has 0 heterocycles. The van der Waals surface area contributed by atoms with E-state index >= 15 is 0 Å². The molecule has 2 aromatic carbocycles. The van der Waals surface area contributed by atoms with Crippen LogP contribution < -0.4 is 0 Å². The maximum atomic E-state index is 12.3. The molecular formula is C16H14N2O6. The minimum Gasteiger partial charge on any atom is -0.454 e. The fraction of sp³-hybridized carbons (Fsp3) is 0.188. The number of ether oxygens (including phenoxy) is 1. The molecule has 0 aromatic heterocycles. The van der Waals surface area contributed by atoms with E-state index in [0.717, 1.165) is 23.8 Å². The number of benzene rings is 2. The standard InChI is InChI=1S/C16H14N2O6/c1-2-15(11-6-4-3-5-7-11)24-16(19)13-9-8-12(17(20)21)10-14(13)18(22)23/h3-10,15H,2H2,1H3/t15-/m1/s1. The zero-order valence-corrected chi connectivity index (χ0v) is 12.7. The predicted octanol–water partition coefficient (Wildman–Crippen LogP) is 3.81. The number of nitro groups is 2. The molecule has 1 atom stereocenters. The molecule has 2 aromatic rings. The average molecular weight is 330 g/mol. The third kappa shape index (κ3) is 3.72. The molecule has 0 saturated carbocycles. The van der Waals surface area contributed by atoms with Crippen molar-refractivity contribution in [3.05, 3.63) is 79.9 Å². The molecule has 0 saturated heterocycles. The molecule has 8 nitrogen and oxygen atoms in total. The van der Waals surface area contributed by atoms with Crippen molar-refractivity contribution >= 4 is 17.3 Å². The van der Waals surface area contributed by atoms with Crippen LogP contribution in [0, 0.1) is 20.2 Å². The van der Waals surface area contributed by atoms with Gasteiger partial charge in [-0.05, 0) is 18.1 Å². The van der Waals surface area contributed by atoms with Gasteiger partial charge in [0.15, 0.2) is 0 Å². The van der Waals surface area contributed by atoms with E-state index in [-0.39, 0.29) is 5.56 Å². The molecule has 0 unspecified atom stereocenters. The molecule has 8 heteroatoms. The van der Waals surface area contributed by atoms with Crippen LogP contribution in [0.5, 0.6) is 0 Å². The van der Waals surface area contributed by atoms with Gasteiger partial charge in [-0.15, -0.1) is 0 Å². The molecule has 0 radical (unpaired) electrons.